The summed E-state index contributed by atoms with van der Waals surface area (Å²) in [6.45, 7) is 0.0571. The smallest absolute Gasteiger partial charge is 0.129 e. The number of nitrogens with one attached hydrogen (secondary N) is 1. The molecule has 0 fully saturated rings. The molecule has 66 valence electrons. The van der Waals surface area contributed by atoms with Gasteiger partial charge in [-0.1, -0.05) is 11.6 Å². The Kier molecular flexibility index (Phi) is 3.46. The molecular formula is C7H6BrClFNO. The lowest BCUT2D eigenvalue weighted by Gasteiger charge is -2.03. The van der Waals surface area contributed by atoms with Crippen LogP contribution in [0, 0.1) is 5.82 Å². The predicted octanol–water partition coefficient (Wildman–Crippen LogP) is 2.72. The lowest BCUT2D eigenvalue weighted by atomic mass is 10.2. The number of hydrogen-bond acceptors (Lipinski definition) is 2. The van der Waals surface area contributed by atoms with Crippen LogP contribution in [0.1, 0.15) is 5.56 Å². The summed E-state index contributed by atoms with van der Waals surface area (Å²) >= 11 is 8.76. The second-order valence-corrected chi connectivity index (χ2v) is 3.45. The van der Waals surface area contributed by atoms with E-state index in [4.69, 9.17) is 16.8 Å². The van der Waals surface area contributed by atoms with Crippen molar-refractivity contribution in [2.24, 2.45) is 0 Å². The molecule has 0 aliphatic heterocycles. The van der Waals surface area contributed by atoms with Gasteiger partial charge in [-0.3, -0.25) is 0 Å². The average molecular weight is 254 g/mol. The van der Waals surface area contributed by atoms with Crippen LogP contribution in [0.15, 0.2) is 16.6 Å². The van der Waals surface area contributed by atoms with Gasteiger partial charge >= 0.3 is 0 Å². The van der Waals surface area contributed by atoms with E-state index < -0.39 is 5.82 Å². The van der Waals surface area contributed by atoms with Crippen LogP contribution in [0.2, 0.25) is 5.02 Å². The van der Waals surface area contributed by atoms with E-state index in [2.05, 4.69) is 15.9 Å². The minimum absolute atomic E-state index is 0.0571. The normalized spacial score (nSPS) is 10.3. The maximum atomic E-state index is 13.0. The number of hydroxylamine groups is 1. The quantitative estimate of drug-likeness (QED) is 0.628. The van der Waals surface area contributed by atoms with Crippen LogP contribution in [0.5, 0.6) is 0 Å². The minimum atomic E-state index is -0.440. The van der Waals surface area contributed by atoms with Crippen molar-refractivity contribution in [2.45, 2.75) is 6.54 Å². The van der Waals surface area contributed by atoms with E-state index in [1.54, 1.807) is 0 Å². The molecule has 0 aromatic heterocycles. The molecule has 0 bridgehead atoms. The molecule has 2 nitrogen and oxygen atoms in total. The summed E-state index contributed by atoms with van der Waals surface area (Å²) in [6, 6.07) is 2.71. The van der Waals surface area contributed by atoms with Crippen molar-refractivity contribution in [2.75, 3.05) is 0 Å². The Labute approximate surface area is 82.4 Å². The highest BCUT2D eigenvalue weighted by atomic mass is 79.9. The van der Waals surface area contributed by atoms with Gasteiger partial charge in [0.2, 0.25) is 0 Å². The predicted molar refractivity (Wildman–Crippen MR) is 47.7 cm³/mol. The van der Waals surface area contributed by atoms with Gasteiger partial charge in [0.1, 0.15) is 5.82 Å². The van der Waals surface area contributed by atoms with Gasteiger partial charge < -0.3 is 5.21 Å². The Hall–Kier alpha value is -0.160. The molecule has 0 atom stereocenters. The SMILES string of the molecule is ONCc1cc(Br)c(Cl)cc1F. The summed E-state index contributed by atoms with van der Waals surface area (Å²) in [5.74, 6) is -0.440. The molecule has 2 N–H and O–H groups in total. The molecule has 0 unspecified atom stereocenters. The maximum Gasteiger partial charge on any atom is 0.129 e. The second-order valence-electron chi connectivity index (χ2n) is 2.19. The Balaban J connectivity index is 3.05. The van der Waals surface area contributed by atoms with Gasteiger partial charge in [-0.2, -0.15) is 0 Å². The Bertz CT molecular complexity index is 295. The molecule has 0 saturated carbocycles. The zero-order chi connectivity index (χ0) is 9.14. The molecule has 0 aliphatic carbocycles. The Morgan fingerprint density at radius 2 is 2.25 bits per heavy atom. The molecular weight excluding hydrogens is 248 g/mol. The first-order chi connectivity index (χ1) is 5.65. The van der Waals surface area contributed by atoms with E-state index >= 15 is 0 Å². The molecule has 0 amide bonds. The molecule has 0 saturated heterocycles. The highest BCUT2D eigenvalue weighted by Crippen LogP contribution is 2.25. The second kappa shape index (κ2) is 4.18. The molecule has 12 heavy (non-hydrogen) atoms. The molecule has 0 radical (unpaired) electrons. The topological polar surface area (TPSA) is 32.3 Å². The number of halogens is 3. The fourth-order valence-corrected chi connectivity index (χ4v) is 1.33. The molecule has 0 spiro atoms. The molecule has 1 aromatic carbocycles. The summed E-state index contributed by atoms with van der Waals surface area (Å²) in [5.41, 5.74) is 2.22. The van der Waals surface area contributed by atoms with Gasteiger partial charge in [-0.05, 0) is 28.1 Å². The molecule has 0 heterocycles. The molecule has 1 rings (SSSR count). The lowest BCUT2D eigenvalue weighted by Crippen LogP contribution is -2.07. The fourth-order valence-electron chi connectivity index (χ4n) is 0.784. The van der Waals surface area contributed by atoms with Crippen molar-refractivity contribution in [1.29, 1.82) is 0 Å². The molecule has 1 aromatic rings. The standard InChI is InChI=1S/C7H6BrClFNO/c8-5-1-4(3-11-12)7(10)2-6(5)9/h1-2,11-12H,3H2. The average Bonchev–Trinajstić information content (AvgIpc) is 2.01. The summed E-state index contributed by atoms with van der Waals surface area (Å²) < 4.78 is 13.6. The van der Waals surface area contributed by atoms with Crippen molar-refractivity contribution >= 4 is 27.5 Å². The molecule has 0 aliphatic rings. The van der Waals surface area contributed by atoms with E-state index in [0.717, 1.165) is 0 Å². The van der Waals surface area contributed by atoms with Gasteiger partial charge in [0, 0.05) is 16.6 Å². The zero-order valence-electron chi connectivity index (χ0n) is 5.94. The van der Waals surface area contributed by atoms with E-state index in [-0.39, 0.29) is 6.54 Å². The summed E-state index contributed by atoms with van der Waals surface area (Å²) in [4.78, 5) is 0. The zero-order valence-corrected chi connectivity index (χ0v) is 8.28. The van der Waals surface area contributed by atoms with Gasteiger partial charge in [-0.25, -0.2) is 9.87 Å². The molecule has 5 heteroatoms. The monoisotopic (exact) mass is 253 g/mol. The van der Waals surface area contributed by atoms with Crippen LogP contribution in [-0.2, 0) is 6.54 Å². The van der Waals surface area contributed by atoms with Crippen LogP contribution < -0.4 is 5.48 Å². The summed E-state index contributed by atoms with van der Waals surface area (Å²) in [6.07, 6.45) is 0. The summed E-state index contributed by atoms with van der Waals surface area (Å²) in [5, 5.41) is 8.65. The number of hydrogen-bond donors (Lipinski definition) is 2. The first kappa shape index (κ1) is 9.92. The van der Waals surface area contributed by atoms with Crippen molar-refractivity contribution in [3.8, 4) is 0 Å². The minimum Gasteiger partial charge on any atom is -0.316 e. The van der Waals surface area contributed by atoms with Crippen LogP contribution in [0.3, 0.4) is 0 Å². The van der Waals surface area contributed by atoms with Gasteiger partial charge in [-0.15, -0.1) is 0 Å². The maximum absolute atomic E-state index is 13.0. The van der Waals surface area contributed by atoms with Crippen molar-refractivity contribution < 1.29 is 9.60 Å². The third kappa shape index (κ3) is 2.17. The van der Waals surface area contributed by atoms with E-state index in [0.29, 0.717) is 15.1 Å². The third-order valence-corrected chi connectivity index (χ3v) is 2.56. The van der Waals surface area contributed by atoms with Crippen molar-refractivity contribution in [3.63, 3.8) is 0 Å². The number of rotatable bonds is 2. The van der Waals surface area contributed by atoms with Gasteiger partial charge in [0.05, 0.1) is 5.02 Å². The van der Waals surface area contributed by atoms with E-state index in [1.807, 2.05) is 5.48 Å². The first-order valence-corrected chi connectivity index (χ1v) is 4.32. The van der Waals surface area contributed by atoms with Crippen molar-refractivity contribution in [3.05, 3.63) is 33.0 Å². The third-order valence-electron chi connectivity index (χ3n) is 1.36. The Morgan fingerprint density at radius 3 is 2.83 bits per heavy atom. The van der Waals surface area contributed by atoms with Crippen LogP contribution >= 0.6 is 27.5 Å². The van der Waals surface area contributed by atoms with Crippen LogP contribution in [-0.4, -0.2) is 5.21 Å². The van der Waals surface area contributed by atoms with E-state index in [1.165, 1.54) is 12.1 Å². The number of benzene rings is 1. The van der Waals surface area contributed by atoms with Gasteiger partial charge in [0.15, 0.2) is 0 Å². The highest BCUT2D eigenvalue weighted by molar-refractivity contribution is 9.10. The van der Waals surface area contributed by atoms with E-state index in [9.17, 15) is 4.39 Å². The van der Waals surface area contributed by atoms with Crippen molar-refractivity contribution in [1.82, 2.24) is 5.48 Å². The van der Waals surface area contributed by atoms with Gasteiger partial charge in [0.25, 0.3) is 0 Å². The first-order valence-electron chi connectivity index (χ1n) is 3.15. The largest absolute Gasteiger partial charge is 0.316 e. The fraction of sp³-hybridized carbons (Fsp3) is 0.143. The van der Waals surface area contributed by atoms with Crippen LogP contribution in [0.25, 0.3) is 0 Å². The highest BCUT2D eigenvalue weighted by Gasteiger charge is 2.05. The summed E-state index contributed by atoms with van der Waals surface area (Å²) in [7, 11) is 0. The lowest BCUT2D eigenvalue weighted by molar-refractivity contribution is 0.160. The Morgan fingerprint density at radius 1 is 1.58 bits per heavy atom. The van der Waals surface area contributed by atoms with Crippen LogP contribution in [0.4, 0.5) is 4.39 Å².